The van der Waals surface area contributed by atoms with Gasteiger partial charge in [0.15, 0.2) is 9.84 Å². The number of carbonyl (C=O) groups is 1. The van der Waals surface area contributed by atoms with Gasteiger partial charge in [-0.05, 0) is 23.8 Å². The van der Waals surface area contributed by atoms with E-state index in [1.807, 2.05) is 6.07 Å². The SMILES string of the molecule is CNC(=O)Cn1cc(S(=O)(=O)Cc2ccc(Cl)cc2)c2ccccc21. The van der Waals surface area contributed by atoms with E-state index < -0.39 is 9.84 Å². The highest BCUT2D eigenvalue weighted by molar-refractivity contribution is 7.90. The number of nitrogens with one attached hydrogen (secondary N) is 1. The van der Waals surface area contributed by atoms with Crippen LogP contribution in [-0.4, -0.2) is 25.9 Å². The fraction of sp³-hybridized carbons (Fsp3) is 0.167. The summed E-state index contributed by atoms with van der Waals surface area (Å²) in [6, 6.07) is 13.9. The zero-order valence-electron chi connectivity index (χ0n) is 13.6. The molecule has 0 aliphatic rings. The van der Waals surface area contributed by atoms with E-state index in [9.17, 15) is 13.2 Å². The summed E-state index contributed by atoms with van der Waals surface area (Å²) in [6.45, 7) is 0.0630. The van der Waals surface area contributed by atoms with Crippen molar-refractivity contribution in [3.63, 3.8) is 0 Å². The molecule has 0 atom stereocenters. The Morgan fingerprint density at radius 3 is 2.48 bits per heavy atom. The summed E-state index contributed by atoms with van der Waals surface area (Å²) < 4.78 is 27.5. The van der Waals surface area contributed by atoms with Gasteiger partial charge in [0.2, 0.25) is 5.91 Å². The molecule has 0 aliphatic carbocycles. The average molecular weight is 377 g/mol. The molecule has 0 spiro atoms. The van der Waals surface area contributed by atoms with E-state index in [0.29, 0.717) is 21.5 Å². The van der Waals surface area contributed by atoms with E-state index in [-0.39, 0.29) is 23.1 Å². The lowest BCUT2D eigenvalue weighted by molar-refractivity contribution is -0.121. The molecule has 0 aliphatic heterocycles. The molecule has 1 N–H and O–H groups in total. The van der Waals surface area contributed by atoms with Crippen LogP contribution in [0.2, 0.25) is 5.02 Å². The molecule has 0 fully saturated rings. The minimum absolute atomic E-state index is 0.0630. The Hall–Kier alpha value is -2.31. The standard InChI is InChI=1S/C18H17ClN2O3S/c1-20-18(22)11-21-10-17(15-4-2-3-5-16(15)21)25(23,24)12-13-6-8-14(19)9-7-13/h2-10H,11-12H2,1H3,(H,20,22). The first-order valence-corrected chi connectivity index (χ1v) is 9.69. The van der Waals surface area contributed by atoms with Gasteiger partial charge in [-0.2, -0.15) is 0 Å². The zero-order chi connectivity index (χ0) is 18.0. The minimum atomic E-state index is -3.57. The normalized spacial score (nSPS) is 11.6. The second kappa shape index (κ2) is 6.90. The third-order valence-corrected chi connectivity index (χ3v) is 5.91. The van der Waals surface area contributed by atoms with Gasteiger partial charge in [-0.3, -0.25) is 4.79 Å². The molecule has 0 bridgehead atoms. The van der Waals surface area contributed by atoms with Crippen molar-refractivity contribution in [3.05, 3.63) is 65.3 Å². The Morgan fingerprint density at radius 2 is 1.80 bits per heavy atom. The van der Waals surface area contributed by atoms with E-state index in [4.69, 9.17) is 11.6 Å². The van der Waals surface area contributed by atoms with Crippen LogP contribution in [0.3, 0.4) is 0 Å². The molecule has 0 radical (unpaired) electrons. The van der Waals surface area contributed by atoms with E-state index in [1.54, 1.807) is 54.1 Å². The van der Waals surface area contributed by atoms with E-state index in [0.717, 1.165) is 0 Å². The number of aromatic nitrogens is 1. The molecular formula is C18H17ClN2O3S. The third-order valence-electron chi connectivity index (χ3n) is 3.95. The number of carbonyl (C=O) groups excluding carboxylic acids is 1. The summed E-state index contributed by atoms with van der Waals surface area (Å²) in [4.78, 5) is 11.9. The summed E-state index contributed by atoms with van der Waals surface area (Å²) in [7, 11) is -2.02. The molecule has 1 heterocycles. The van der Waals surface area contributed by atoms with E-state index in [2.05, 4.69) is 5.32 Å². The van der Waals surface area contributed by atoms with Gasteiger partial charge in [-0.1, -0.05) is 41.9 Å². The van der Waals surface area contributed by atoms with Crippen molar-refractivity contribution in [3.8, 4) is 0 Å². The molecular weight excluding hydrogens is 360 g/mol. The number of amides is 1. The predicted molar refractivity (Wildman–Crippen MR) is 98.3 cm³/mol. The number of likely N-dealkylation sites (N-methyl/N-ethyl adjacent to an activating group) is 1. The van der Waals surface area contributed by atoms with Crippen LogP contribution in [0.1, 0.15) is 5.56 Å². The lowest BCUT2D eigenvalue weighted by atomic mass is 10.2. The second-order valence-electron chi connectivity index (χ2n) is 5.70. The predicted octanol–water partition coefficient (Wildman–Crippen LogP) is 3.01. The van der Waals surface area contributed by atoms with E-state index in [1.165, 1.54) is 6.20 Å². The number of hydrogen-bond acceptors (Lipinski definition) is 3. The van der Waals surface area contributed by atoms with Crippen molar-refractivity contribution in [2.75, 3.05) is 7.05 Å². The first kappa shape index (κ1) is 17.5. The van der Waals surface area contributed by atoms with Crippen LogP contribution in [0, 0.1) is 0 Å². The lowest BCUT2D eigenvalue weighted by Gasteiger charge is -2.04. The first-order chi connectivity index (χ1) is 11.9. The van der Waals surface area contributed by atoms with Crippen molar-refractivity contribution < 1.29 is 13.2 Å². The molecule has 3 aromatic rings. The molecule has 7 heteroatoms. The fourth-order valence-corrected chi connectivity index (χ4v) is 4.41. The van der Waals surface area contributed by atoms with Crippen LogP contribution in [0.5, 0.6) is 0 Å². The largest absolute Gasteiger partial charge is 0.358 e. The van der Waals surface area contributed by atoms with Crippen LogP contribution < -0.4 is 5.32 Å². The number of rotatable bonds is 5. The Bertz CT molecular complexity index is 1020. The molecule has 130 valence electrons. The first-order valence-electron chi connectivity index (χ1n) is 7.66. The maximum absolute atomic E-state index is 12.9. The van der Waals surface area contributed by atoms with Crippen LogP contribution in [-0.2, 0) is 26.9 Å². The molecule has 1 amide bonds. The van der Waals surface area contributed by atoms with Crippen LogP contribution in [0.15, 0.2) is 59.6 Å². The van der Waals surface area contributed by atoms with Crippen molar-refractivity contribution in [2.24, 2.45) is 0 Å². The molecule has 0 saturated carbocycles. The molecule has 5 nitrogen and oxygen atoms in total. The molecule has 1 aromatic heterocycles. The molecule has 2 aromatic carbocycles. The van der Waals surface area contributed by atoms with Gasteiger partial charge < -0.3 is 9.88 Å². The second-order valence-corrected chi connectivity index (χ2v) is 8.09. The number of hydrogen-bond donors (Lipinski definition) is 1. The summed E-state index contributed by atoms with van der Waals surface area (Å²) in [5.41, 5.74) is 1.37. The van der Waals surface area contributed by atoms with Gasteiger partial charge in [0, 0.05) is 29.2 Å². The van der Waals surface area contributed by atoms with Gasteiger partial charge >= 0.3 is 0 Å². The average Bonchev–Trinajstić information content (AvgIpc) is 2.96. The minimum Gasteiger partial charge on any atom is -0.358 e. The maximum Gasteiger partial charge on any atom is 0.239 e. The fourth-order valence-electron chi connectivity index (χ4n) is 2.70. The van der Waals surface area contributed by atoms with Gasteiger partial charge in [0.05, 0.1) is 10.6 Å². The summed E-state index contributed by atoms with van der Waals surface area (Å²) in [5, 5.41) is 3.72. The van der Waals surface area contributed by atoms with Crippen molar-refractivity contribution in [1.82, 2.24) is 9.88 Å². The zero-order valence-corrected chi connectivity index (χ0v) is 15.1. The van der Waals surface area contributed by atoms with Crippen molar-refractivity contribution >= 4 is 38.2 Å². The number of fused-ring (bicyclic) bond motifs is 1. The highest BCUT2D eigenvalue weighted by Crippen LogP contribution is 2.28. The lowest BCUT2D eigenvalue weighted by Crippen LogP contribution is -2.23. The van der Waals surface area contributed by atoms with Gasteiger partial charge in [-0.25, -0.2) is 8.42 Å². The Morgan fingerprint density at radius 1 is 1.12 bits per heavy atom. The molecule has 0 unspecified atom stereocenters. The summed E-state index contributed by atoms with van der Waals surface area (Å²) >= 11 is 5.85. The number of sulfone groups is 1. The third kappa shape index (κ3) is 3.70. The van der Waals surface area contributed by atoms with Gasteiger partial charge in [0.25, 0.3) is 0 Å². The quantitative estimate of drug-likeness (QED) is 0.744. The highest BCUT2D eigenvalue weighted by Gasteiger charge is 2.22. The number of halogens is 1. The number of para-hydroxylation sites is 1. The van der Waals surface area contributed by atoms with Crippen LogP contribution >= 0.6 is 11.6 Å². The Kier molecular flexibility index (Phi) is 4.83. The molecule has 0 saturated heterocycles. The number of benzene rings is 2. The van der Waals surface area contributed by atoms with Gasteiger partial charge in [0.1, 0.15) is 6.54 Å². The smallest absolute Gasteiger partial charge is 0.239 e. The number of nitrogens with zero attached hydrogens (tertiary/aromatic N) is 1. The Labute approximate surface area is 151 Å². The van der Waals surface area contributed by atoms with Crippen molar-refractivity contribution in [1.29, 1.82) is 0 Å². The topological polar surface area (TPSA) is 68.2 Å². The maximum atomic E-state index is 12.9. The van der Waals surface area contributed by atoms with Crippen molar-refractivity contribution in [2.45, 2.75) is 17.2 Å². The van der Waals surface area contributed by atoms with Gasteiger partial charge in [-0.15, -0.1) is 0 Å². The summed E-state index contributed by atoms with van der Waals surface area (Å²) in [5.74, 6) is -0.319. The Balaban J connectivity index is 2.04. The molecule has 3 rings (SSSR count). The monoisotopic (exact) mass is 376 g/mol. The van der Waals surface area contributed by atoms with Crippen LogP contribution in [0.25, 0.3) is 10.9 Å². The van der Waals surface area contributed by atoms with Crippen LogP contribution in [0.4, 0.5) is 0 Å². The highest BCUT2D eigenvalue weighted by atomic mass is 35.5. The van der Waals surface area contributed by atoms with E-state index >= 15 is 0 Å². The summed E-state index contributed by atoms with van der Waals surface area (Å²) in [6.07, 6.45) is 1.53. The molecule has 25 heavy (non-hydrogen) atoms.